The van der Waals surface area contributed by atoms with Gasteiger partial charge in [0.05, 0.1) is 18.2 Å². The molecule has 1 unspecified atom stereocenters. The standard InChI is InChI=1S/C14H17NO/c1-14(2,3)12-11(16)9-15-13(12)10-7-5-4-6-8-10/h4-8,12H,9H2,1-3H3. The zero-order chi connectivity index (χ0) is 11.8. The van der Waals surface area contributed by atoms with Gasteiger partial charge in [-0.05, 0) is 11.0 Å². The third-order valence-electron chi connectivity index (χ3n) is 2.94. The lowest BCUT2D eigenvalue weighted by Gasteiger charge is -2.26. The molecule has 0 saturated carbocycles. The summed E-state index contributed by atoms with van der Waals surface area (Å²) in [7, 11) is 0. The molecule has 2 nitrogen and oxygen atoms in total. The minimum absolute atomic E-state index is 0.0533. The van der Waals surface area contributed by atoms with Gasteiger partial charge in [-0.3, -0.25) is 9.79 Å². The number of Topliss-reactive ketones (excluding diaryl/α,β-unsaturated/α-hetero) is 1. The average molecular weight is 215 g/mol. The van der Waals surface area contributed by atoms with Crippen LogP contribution in [0.4, 0.5) is 0 Å². The summed E-state index contributed by atoms with van der Waals surface area (Å²) in [5.41, 5.74) is 1.98. The Hall–Kier alpha value is -1.44. The lowest BCUT2D eigenvalue weighted by Crippen LogP contribution is -2.32. The van der Waals surface area contributed by atoms with Crippen molar-refractivity contribution >= 4 is 11.5 Å². The maximum atomic E-state index is 11.9. The van der Waals surface area contributed by atoms with Gasteiger partial charge in [0.2, 0.25) is 0 Å². The van der Waals surface area contributed by atoms with Gasteiger partial charge in [-0.15, -0.1) is 0 Å². The quantitative estimate of drug-likeness (QED) is 0.708. The summed E-state index contributed by atoms with van der Waals surface area (Å²) in [6.45, 7) is 6.63. The van der Waals surface area contributed by atoms with Crippen molar-refractivity contribution in [3.63, 3.8) is 0 Å². The Morgan fingerprint density at radius 1 is 1.19 bits per heavy atom. The Morgan fingerprint density at radius 3 is 2.38 bits per heavy atom. The van der Waals surface area contributed by atoms with E-state index in [1.54, 1.807) is 0 Å². The fourth-order valence-electron chi connectivity index (χ4n) is 2.26. The molecule has 16 heavy (non-hydrogen) atoms. The third-order valence-corrected chi connectivity index (χ3v) is 2.94. The first-order valence-electron chi connectivity index (χ1n) is 5.62. The first kappa shape index (κ1) is 11.1. The van der Waals surface area contributed by atoms with Crippen molar-refractivity contribution in [2.75, 3.05) is 6.54 Å². The molecule has 1 aromatic rings. The number of nitrogens with zero attached hydrogens (tertiary/aromatic N) is 1. The van der Waals surface area contributed by atoms with Crippen molar-refractivity contribution in [2.45, 2.75) is 20.8 Å². The molecule has 0 N–H and O–H groups in total. The molecule has 0 fully saturated rings. The van der Waals surface area contributed by atoms with E-state index in [1.807, 2.05) is 30.3 Å². The second-order valence-corrected chi connectivity index (χ2v) is 5.33. The summed E-state index contributed by atoms with van der Waals surface area (Å²) in [6, 6.07) is 10.0. The molecule has 0 saturated heterocycles. The largest absolute Gasteiger partial charge is 0.297 e. The van der Waals surface area contributed by atoms with Crippen LogP contribution >= 0.6 is 0 Å². The molecule has 2 rings (SSSR count). The summed E-state index contributed by atoms with van der Waals surface area (Å²) < 4.78 is 0. The van der Waals surface area contributed by atoms with Gasteiger partial charge in [-0.25, -0.2) is 0 Å². The summed E-state index contributed by atoms with van der Waals surface area (Å²) in [5, 5.41) is 0. The molecule has 0 spiro atoms. The number of hydrogen-bond acceptors (Lipinski definition) is 2. The number of ketones is 1. The van der Waals surface area contributed by atoms with E-state index in [9.17, 15) is 4.79 Å². The number of benzene rings is 1. The van der Waals surface area contributed by atoms with Crippen molar-refractivity contribution in [3.05, 3.63) is 35.9 Å². The van der Waals surface area contributed by atoms with Gasteiger partial charge >= 0.3 is 0 Å². The molecule has 1 atom stereocenters. The maximum Gasteiger partial charge on any atom is 0.163 e. The number of rotatable bonds is 1. The van der Waals surface area contributed by atoms with Crippen molar-refractivity contribution in [2.24, 2.45) is 16.3 Å². The third kappa shape index (κ3) is 1.92. The summed E-state index contributed by atoms with van der Waals surface area (Å²) in [5.74, 6) is 0.182. The van der Waals surface area contributed by atoms with Gasteiger partial charge in [0.1, 0.15) is 0 Å². The van der Waals surface area contributed by atoms with E-state index in [0.717, 1.165) is 11.3 Å². The Kier molecular flexibility index (Phi) is 2.66. The summed E-state index contributed by atoms with van der Waals surface area (Å²) in [6.07, 6.45) is 0. The van der Waals surface area contributed by atoms with E-state index < -0.39 is 0 Å². The molecule has 0 radical (unpaired) electrons. The monoisotopic (exact) mass is 215 g/mol. The van der Waals surface area contributed by atoms with Crippen LogP contribution in [0.2, 0.25) is 0 Å². The molecule has 2 heteroatoms. The Labute approximate surface area is 96.4 Å². The van der Waals surface area contributed by atoms with Gasteiger partial charge in [0.15, 0.2) is 5.78 Å². The van der Waals surface area contributed by atoms with Crippen molar-refractivity contribution in [3.8, 4) is 0 Å². The van der Waals surface area contributed by atoms with Crippen LogP contribution in [0.25, 0.3) is 0 Å². The molecular weight excluding hydrogens is 198 g/mol. The van der Waals surface area contributed by atoms with Crippen LogP contribution in [0.15, 0.2) is 35.3 Å². The predicted octanol–water partition coefficient (Wildman–Crippen LogP) is 2.72. The molecule has 1 aromatic carbocycles. The molecule has 84 valence electrons. The minimum Gasteiger partial charge on any atom is -0.297 e. The van der Waals surface area contributed by atoms with Crippen molar-refractivity contribution in [1.82, 2.24) is 0 Å². The molecule has 1 aliphatic heterocycles. The molecule has 0 amide bonds. The fourth-order valence-corrected chi connectivity index (χ4v) is 2.26. The lowest BCUT2D eigenvalue weighted by atomic mass is 9.75. The van der Waals surface area contributed by atoms with Gasteiger partial charge in [0, 0.05) is 0 Å². The SMILES string of the molecule is CC(C)(C)C1C(=O)CN=C1c1ccccc1. The van der Waals surface area contributed by atoms with Gasteiger partial charge < -0.3 is 0 Å². The fraction of sp³-hybridized carbons (Fsp3) is 0.429. The van der Waals surface area contributed by atoms with E-state index in [1.165, 1.54) is 0 Å². The Balaban J connectivity index is 2.39. The smallest absolute Gasteiger partial charge is 0.163 e. The van der Waals surface area contributed by atoms with E-state index in [4.69, 9.17) is 0 Å². The molecule has 1 heterocycles. The van der Waals surface area contributed by atoms with Gasteiger partial charge in [-0.2, -0.15) is 0 Å². The molecular formula is C14H17NO. The van der Waals surface area contributed by atoms with E-state index in [2.05, 4.69) is 25.8 Å². The first-order chi connectivity index (χ1) is 7.50. The summed E-state index contributed by atoms with van der Waals surface area (Å²) in [4.78, 5) is 16.3. The average Bonchev–Trinajstić information content (AvgIpc) is 2.61. The zero-order valence-electron chi connectivity index (χ0n) is 10.0. The molecule has 0 bridgehead atoms. The highest BCUT2D eigenvalue weighted by Crippen LogP contribution is 2.33. The van der Waals surface area contributed by atoms with E-state index in [0.29, 0.717) is 6.54 Å². The number of carbonyl (C=O) groups is 1. The second-order valence-electron chi connectivity index (χ2n) is 5.33. The summed E-state index contributed by atoms with van der Waals surface area (Å²) >= 11 is 0. The van der Waals surface area contributed by atoms with Gasteiger partial charge in [0.25, 0.3) is 0 Å². The topological polar surface area (TPSA) is 29.4 Å². The highest BCUT2D eigenvalue weighted by atomic mass is 16.1. The lowest BCUT2D eigenvalue weighted by molar-refractivity contribution is -0.121. The Morgan fingerprint density at radius 2 is 1.81 bits per heavy atom. The van der Waals surface area contributed by atoms with Crippen LogP contribution in [-0.2, 0) is 4.79 Å². The molecule has 0 aliphatic carbocycles. The number of carbonyl (C=O) groups excluding carboxylic acids is 1. The normalized spacial score (nSPS) is 21.1. The number of hydrogen-bond donors (Lipinski definition) is 0. The number of aliphatic imine (C=N–C) groups is 1. The van der Waals surface area contributed by atoms with Crippen LogP contribution in [0.5, 0.6) is 0 Å². The van der Waals surface area contributed by atoms with Crippen LogP contribution < -0.4 is 0 Å². The minimum atomic E-state index is -0.0603. The van der Waals surface area contributed by atoms with Crippen LogP contribution in [-0.4, -0.2) is 18.0 Å². The molecule has 1 aliphatic rings. The Bertz CT molecular complexity index is 426. The predicted molar refractivity (Wildman–Crippen MR) is 65.8 cm³/mol. The van der Waals surface area contributed by atoms with E-state index in [-0.39, 0.29) is 17.1 Å². The van der Waals surface area contributed by atoms with Gasteiger partial charge in [-0.1, -0.05) is 51.1 Å². The second kappa shape index (κ2) is 3.85. The van der Waals surface area contributed by atoms with Crippen molar-refractivity contribution in [1.29, 1.82) is 0 Å². The maximum absolute atomic E-state index is 11.9. The molecule has 0 aromatic heterocycles. The zero-order valence-corrected chi connectivity index (χ0v) is 10.0. The highest BCUT2D eigenvalue weighted by molar-refractivity contribution is 6.18. The highest BCUT2D eigenvalue weighted by Gasteiger charge is 2.39. The van der Waals surface area contributed by atoms with Crippen LogP contribution in [0, 0.1) is 11.3 Å². The van der Waals surface area contributed by atoms with Crippen LogP contribution in [0.3, 0.4) is 0 Å². The van der Waals surface area contributed by atoms with Crippen LogP contribution in [0.1, 0.15) is 26.3 Å². The van der Waals surface area contributed by atoms with Crippen molar-refractivity contribution < 1.29 is 4.79 Å². The first-order valence-corrected chi connectivity index (χ1v) is 5.62. The van der Waals surface area contributed by atoms with E-state index >= 15 is 0 Å².